The van der Waals surface area contributed by atoms with Crippen molar-refractivity contribution in [3.8, 4) is 0 Å². The second kappa shape index (κ2) is 8.45. The Balaban J connectivity index is 2.10. The SMILES string of the molecule is CCC(C)c1ccc(C(CC)NS(=O)(=O)Cc2ccccc2)cc1. The molecule has 0 bridgehead atoms. The van der Waals surface area contributed by atoms with Crippen LogP contribution in [0.5, 0.6) is 0 Å². The molecule has 0 amide bonds. The van der Waals surface area contributed by atoms with Gasteiger partial charge in [-0.15, -0.1) is 0 Å². The molecule has 2 rings (SSSR count). The van der Waals surface area contributed by atoms with Crippen LogP contribution in [0.15, 0.2) is 54.6 Å². The van der Waals surface area contributed by atoms with Crippen molar-refractivity contribution in [2.75, 3.05) is 0 Å². The van der Waals surface area contributed by atoms with Crippen LogP contribution in [-0.4, -0.2) is 8.42 Å². The van der Waals surface area contributed by atoms with E-state index in [0.717, 1.165) is 24.0 Å². The van der Waals surface area contributed by atoms with E-state index >= 15 is 0 Å². The zero-order valence-electron chi connectivity index (χ0n) is 14.7. The lowest BCUT2D eigenvalue weighted by molar-refractivity contribution is 0.549. The number of benzene rings is 2. The fourth-order valence-electron chi connectivity index (χ4n) is 2.73. The summed E-state index contributed by atoms with van der Waals surface area (Å²) in [5, 5.41) is 0. The van der Waals surface area contributed by atoms with Crippen molar-refractivity contribution < 1.29 is 8.42 Å². The first-order valence-corrected chi connectivity index (χ1v) is 10.2. The summed E-state index contributed by atoms with van der Waals surface area (Å²) >= 11 is 0. The highest BCUT2D eigenvalue weighted by molar-refractivity contribution is 7.88. The average molecular weight is 346 g/mol. The van der Waals surface area contributed by atoms with Gasteiger partial charge in [-0.2, -0.15) is 0 Å². The maximum Gasteiger partial charge on any atom is 0.216 e. The second-order valence-electron chi connectivity index (χ2n) is 6.30. The Morgan fingerprint density at radius 3 is 2.00 bits per heavy atom. The lowest BCUT2D eigenvalue weighted by Gasteiger charge is -2.19. The maximum atomic E-state index is 12.5. The normalized spacial score (nSPS) is 14.3. The fraction of sp³-hybridized carbons (Fsp3) is 0.400. The van der Waals surface area contributed by atoms with Gasteiger partial charge in [0.1, 0.15) is 0 Å². The van der Waals surface area contributed by atoms with E-state index < -0.39 is 10.0 Å². The van der Waals surface area contributed by atoms with Gasteiger partial charge >= 0.3 is 0 Å². The molecule has 2 aromatic carbocycles. The molecule has 2 aromatic rings. The molecule has 0 spiro atoms. The second-order valence-corrected chi connectivity index (χ2v) is 8.05. The van der Waals surface area contributed by atoms with Crippen LogP contribution in [0.25, 0.3) is 0 Å². The zero-order chi connectivity index (χ0) is 17.6. The van der Waals surface area contributed by atoms with E-state index in [1.165, 1.54) is 5.56 Å². The maximum absolute atomic E-state index is 12.5. The van der Waals surface area contributed by atoms with Crippen LogP contribution in [0.3, 0.4) is 0 Å². The summed E-state index contributed by atoms with van der Waals surface area (Å²) < 4.78 is 27.7. The van der Waals surface area contributed by atoms with Crippen molar-refractivity contribution in [1.82, 2.24) is 4.72 Å². The number of rotatable bonds is 8. The molecule has 3 nitrogen and oxygen atoms in total. The van der Waals surface area contributed by atoms with Crippen LogP contribution in [-0.2, 0) is 15.8 Å². The summed E-state index contributed by atoms with van der Waals surface area (Å²) in [5.41, 5.74) is 3.11. The number of sulfonamides is 1. The topological polar surface area (TPSA) is 46.2 Å². The molecule has 1 N–H and O–H groups in total. The standard InChI is InChI=1S/C20H27NO2S/c1-4-16(3)18-11-13-19(14-12-18)20(5-2)21-24(22,23)15-17-9-7-6-8-10-17/h6-14,16,20-21H,4-5,15H2,1-3H3. The molecule has 130 valence electrons. The number of nitrogens with one attached hydrogen (secondary N) is 1. The van der Waals surface area contributed by atoms with Gasteiger partial charge in [-0.1, -0.05) is 75.4 Å². The average Bonchev–Trinajstić information content (AvgIpc) is 2.59. The third-order valence-electron chi connectivity index (χ3n) is 4.45. The van der Waals surface area contributed by atoms with Crippen LogP contribution in [0, 0.1) is 0 Å². The Bertz CT molecular complexity index is 724. The lowest BCUT2D eigenvalue weighted by atomic mass is 9.96. The van der Waals surface area contributed by atoms with Gasteiger partial charge in [-0.3, -0.25) is 0 Å². The number of hydrogen-bond donors (Lipinski definition) is 1. The highest BCUT2D eigenvalue weighted by Crippen LogP contribution is 2.23. The van der Waals surface area contributed by atoms with Crippen LogP contribution < -0.4 is 4.72 Å². The summed E-state index contributed by atoms with van der Waals surface area (Å²) in [4.78, 5) is 0. The molecule has 2 atom stereocenters. The molecule has 0 heterocycles. The van der Waals surface area contributed by atoms with Crippen molar-refractivity contribution >= 4 is 10.0 Å². The number of hydrogen-bond acceptors (Lipinski definition) is 2. The minimum atomic E-state index is -3.38. The Morgan fingerprint density at radius 1 is 0.875 bits per heavy atom. The largest absolute Gasteiger partial charge is 0.216 e. The van der Waals surface area contributed by atoms with Gasteiger partial charge in [0, 0.05) is 6.04 Å². The molecule has 0 fully saturated rings. The molecule has 0 saturated carbocycles. The summed E-state index contributed by atoms with van der Waals surface area (Å²) in [5.74, 6) is 0.531. The van der Waals surface area contributed by atoms with Crippen LogP contribution in [0.2, 0.25) is 0 Å². The molecular weight excluding hydrogens is 318 g/mol. The zero-order valence-corrected chi connectivity index (χ0v) is 15.5. The van der Waals surface area contributed by atoms with E-state index in [1.807, 2.05) is 49.4 Å². The highest BCUT2D eigenvalue weighted by atomic mass is 32.2. The van der Waals surface area contributed by atoms with E-state index in [-0.39, 0.29) is 11.8 Å². The molecular formula is C20H27NO2S. The third-order valence-corrected chi connectivity index (χ3v) is 5.81. The first-order valence-electron chi connectivity index (χ1n) is 8.59. The summed E-state index contributed by atoms with van der Waals surface area (Å²) in [6.45, 7) is 6.37. The fourth-order valence-corrected chi connectivity index (χ4v) is 4.18. The van der Waals surface area contributed by atoms with Crippen LogP contribution in [0.4, 0.5) is 0 Å². The summed E-state index contributed by atoms with van der Waals surface area (Å²) in [7, 11) is -3.38. The summed E-state index contributed by atoms with van der Waals surface area (Å²) in [6.07, 6.45) is 1.82. The van der Waals surface area contributed by atoms with Crippen LogP contribution >= 0.6 is 0 Å². The molecule has 0 aromatic heterocycles. The lowest BCUT2D eigenvalue weighted by Crippen LogP contribution is -2.29. The predicted octanol–water partition coefficient (Wildman–Crippen LogP) is 4.77. The Hall–Kier alpha value is -1.65. The highest BCUT2D eigenvalue weighted by Gasteiger charge is 2.19. The smallest absolute Gasteiger partial charge is 0.212 e. The molecule has 0 saturated heterocycles. The van der Waals surface area contributed by atoms with E-state index in [0.29, 0.717) is 5.92 Å². The minimum Gasteiger partial charge on any atom is -0.212 e. The molecule has 0 aliphatic heterocycles. The Kier molecular flexibility index (Phi) is 6.58. The van der Waals surface area contributed by atoms with E-state index in [2.05, 4.69) is 30.7 Å². The van der Waals surface area contributed by atoms with E-state index in [4.69, 9.17) is 0 Å². The van der Waals surface area contributed by atoms with E-state index in [9.17, 15) is 8.42 Å². The van der Waals surface area contributed by atoms with Gasteiger partial charge < -0.3 is 0 Å². The van der Waals surface area contributed by atoms with Crippen molar-refractivity contribution in [2.24, 2.45) is 0 Å². The van der Waals surface area contributed by atoms with Gasteiger partial charge in [0.05, 0.1) is 5.75 Å². The van der Waals surface area contributed by atoms with Gasteiger partial charge in [-0.05, 0) is 35.4 Å². The molecule has 2 unspecified atom stereocenters. The minimum absolute atomic E-state index is 0.00922. The van der Waals surface area contributed by atoms with Crippen molar-refractivity contribution in [3.63, 3.8) is 0 Å². The Labute approximate surface area is 146 Å². The quantitative estimate of drug-likeness (QED) is 0.749. The van der Waals surface area contributed by atoms with Crippen LogP contribution in [0.1, 0.15) is 62.3 Å². The van der Waals surface area contributed by atoms with Gasteiger partial charge in [0.25, 0.3) is 0 Å². The molecule has 4 heteroatoms. The molecule has 0 radical (unpaired) electrons. The van der Waals surface area contributed by atoms with Gasteiger partial charge in [0.15, 0.2) is 0 Å². The monoisotopic (exact) mass is 345 g/mol. The first kappa shape index (κ1) is 18.7. The molecule has 0 aliphatic carbocycles. The molecule has 24 heavy (non-hydrogen) atoms. The predicted molar refractivity (Wildman–Crippen MR) is 100 cm³/mol. The van der Waals surface area contributed by atoms with Crippen molar-refractivity contribution in [1.29, 1.82) is 0 Å². The third kappa shape index (κ3) is 5.18. The van der Waals surface area contributed by atoms with E-state index in [1.54, 1.807) is 0 Å². The Morgan fingerprint density at radius 2 is 1.46 bits per heavy atom. The van der Waals surface area contributed by atoms with Crippen molar-refractivity contribution in [3.05, 3.63) is 71.3 Å². The van der Waals surface area contributed by atoms with Gasteiger partial charge in [-0.25, -0.2) is 13.1 Å². The van der Waals surface area contributed by atoms with Gasteiger partial charge in [0.2, 0.25) is 10.0 Å². The first-order chi connectivity index (χ1) is 11.4. The molecule has 0 aliphatic rings. The van der Waals surface area contributed by atoms with Crippen molar-refractivity contribution in [2.45, 2.75) is 51.3 Å². The summed E-state index contributed by atoms with van der Waals surface area (Å²) in [6, 6.07) is 17.4.